The van der Waals surface area contributed by atoms with Crippen LogP contribution in [0.4, 0.5) is 4.39 Å². The zero-order chi connectivity index (χ0) is 14.8. The summed E-state index contributed by atoms with van der Waals surface area (Å²) >= 11 is 0. The molecule has 0 aliphatic carbocycles. The van der Waals surface area contributed by atoms with Crippen LogP contribution in [-0.4, -0.2) is 25.7 Å². The molecule has 0 unspecified atom stereocenters. The van der Waals surface area contributed by atoms with E-state index in [2.05, 4.69) is 4.72 Å². The Bertz CT molecular complexity index is 544. The maximum Gasteiger partial charge on any atom is 0.241 e. The van der Waals surface area contributed by atoms with Crippen molar-refractivity contribution in [2.45, 2.75) is 44.6 Å². The number of hydrogen-bond donors (Lipinski definition) is 2. The van der Waals surface area contributed by atoms with E-state index in [0.29, 0.717) is 17.5 Å². The standard InChI is InChI=1S/C13H20FNO3S/c1-9-7-11(14)8-10(2)12(9)19(17,18)15-13(3,4)5-6-16/h7-8,15-16H,5-6H2,1-4H3. The number of hydrogen-bond acceptors (Lipinski definition) is 3. The van der Waals surface area contributed by atoms with Crippen molar-refractivity contribution < 1.29 is 17.9 Å². The molecular formula is C13H20FNO3S. The molecule has 2 N–H and O–H groups in total. The van der Waals surface area contributed by atoms with Crippen molar-refractivity contribution in [2.24, 2.45) is 0 Å². The molecule has 0 aliphatic rings. The van der Waals surface area contributed by atoms with E-state index in [4.69, 9.17) is 5.11 Å². The van der Waals surface area contributed by atoms with Gasteiger partial charge in [0.1, 0.15) is 5.82 Å². The fraction of sp³-hybridized carbons (Fsp3) is 0.538. The van der Waals surface area contributed by atoms with Gasteiger partial charge < -0.3 is 5.11 Å². The molecule has 0 amide bonds. The van der Waals surface area contributed by atoms with Crippen LogP contribution in [0.25, 0.3) is 0 Å². The van der Waals surface area contributed by atoms with Gasteiger partial charge in [0.15, 0.2) is 0 Å². The molecule has 0 fully saturated rings. The minimum atomic E-state index is -3.75. The van der Waals surface area contributed by atoms with Crippen LogP contribution in [-0.2, 0) is 10.0 Å². The summed E-state index contributed by atoms with van der Waals surface area (Å²) < 4.78 is 40.5. The third kappa shape index (κ3) is 3.99. The molecule has 0 heterocycles. The highest BCUT2D eigenvalue weighted by molar-refractivity contribution is 7.89. The maximum absolute atomic E-state index is 13.2. The van der Waals surface area contributed by atoms with E-state index in [0.717, 1.165) is 0 Å². The SMILES string of the molecule is Cc1cc(F)cc(C)c1S(=O)(=O)NC(C)(C)CCO. The Morgan fingerprint density at radius 3 is 2.16 bits per heavy atom. The average molecular weight is 289 g/mol. The minimum absolute atomic E-state index is 0.0971. The largest absolute Gasteiger partial charge is 0.396 e. The highest BCUT2D eigenvalue weighted by Crippen LogP contribution is 2.23. The molecule has 6 heteroatoms. The molecule has 108 valence electrons. The Morgan fingerprint density at radius 2 is 1.74 bits per heavy atom. The van der Waals surface area contributed by atoms with Crippen LogP contribution >= 0.6 is 0 Å². The molecule has 0 saturated heterocycles. The molecule has 1 rings (SSSR count). The third-order valence-electron chi connectivity index (χ3n) is 2.84. The van der Waals surface area contributed by atoms with E-state index < -0.39 is 21.4 Å². The third-order valence-corrected chi connectivity index (χ3v) is 4.84. The van der Waals surface area contributed by atoms with Gasteiger partial charge in [0.05, 0.1) is 4.90 Å². The molecule has 1 aromatic carbocycles. The lowest BCUT2D eigenvalue weighted by molar-refractivity contribution is 0.245. The molecular weight excluding hydrogens is 269 g/mol. The number of aryl methyl sites for hydroxylation is 2. The first-order chi connectivity index (χ1) is 8.59. The summed E-state index contributed by atoms with van der Waals surface area (Å²) in [4.78, 5) is 0.0971. The topological polar surface area (TPSA) is 66.4 Å². The van der Waals surface area contributed by atoms with Crippen molar-refractivity contribution in [1.29, 1.82) is 0 Å². The van der Waals surface area contributed by atoms with Crippen molar-refractivity contribution in [3.8, 4) is 0 Å². The first kappa shape index (κ1) is 16.1. The van der Waals surface area contributed by atoms with Crippen LogP contribution in [0.15, 0.2) is 17.0 Å². The number of nitrogens with one attached hydrogen (secondary N) is 1. The second-order valence-electron chi connectivity index (χ2n) is 5.33. The smallest absolute Gasteiger partial charge is 0.241 e. The lowest BCUT2D eigenvalue weighted by atomic mass is 10.0. The monoisotopic (exact) mass is 289 g/mol. The molecule has 0 bridgehead atoms. The molecule has 19 heavy (non-hydrogen) atoms. The van der Waals surface area contributed by atoms with Gasteiger partial charge in [-0.3, -0.25) is 0 Å². The quantitative estimate of drug-likeness (QED) is 0.870. The summed E-state index contributed by atoms with van der Waals surface area (Å²) in [5.74, 6) is -0.455. The molecule has 0 saturated carbocycles. The summed E-state index contributed by atoms with van der Waals surface area (Å²) in [7, 11) is -3.75. The van der Waals surface area contributed by atoms with Crippen molar-refractivity contribution in [3.05, 3.63) is 29.1 Å². The summed E-state index contributed by atoms with van der Waals surface area (Å²) in [6, 6.07) is 2.39. The van der Waals surface area contributed by atoms with Gasteiger partial charge >= 0.3 is 0 Å². The molecule has 0 atom stereocenters. The number of rotatable bonds is 5. The number of benzene rings is 1. The van der Waals surface area contributed by atoms with Gasteiger partial charge in [-0.1, -0.05) is 0 Å². The highest BCUT2D eigenvalue weighted by Gasteiger charge is 2.28. The molecule has 4 nitrogen and oxygen atoms in total. The van der Waals surface area contributed by atoms with Crippen LogP contribution in [0.3, 0.4) is 0 Å². The summed E-state index contributed by atoms with van der Waals surface area (Å²) in [6.07, 6.45) is 0.297. The van der Waals surface area contributed by atoms with E-state index in [9.17, 15) is 12.8 Å². The average Bonchev–Trinajstić information content (AvgIpc) is 2.11. The Labute approximate surface area is 113 Å². The first-order valence-corrected chi connectivity index (χ1v) is 7.49. The van der Waals surface area contributed by atoms with Crippen molar-refractivity contribution in [2.75, 3.05) is 6.61 Å². The van der Waals surface area contributed by atoms with Crippen LogP contribution in [0.2, 0.25) is 0 Å². The number of aliphatic hydroxyl groups is 1. The fourth-order valence-electron chi connectivity index (χ4n) is 2.07. The summed E-state index contributed by atoms with van der Waals surface area (Å²) in [5, 5.41) is 8.93. The van der Waals surface area contributed by atoms with Crippen molar-refractivity contribution >= 4 is 10.0 Å². The normalized spacial score (nSPS) is 12.7. The Kier molecular flexibility index (Phi) is 4.71. The molecule has 1 aromatic rings. The van der Waals surface area contributed by atoms with Crippen LogP contribution in [0.5, 0.6) is 0 Å². The van der Waals surface area contributed by atoms with E-state index in [1.807, 2.05) is 0 Å². The lowest BCUT2D eigenvalue weighted by Gasteiger charge is -2.26. The Hall–Kier alpha value is -0.980. The number of halogens is 1. The minimum Gasteiger partial charge on any atom is -0.396 e. The van der Waals surface area contributed by atoms with E-state index >= 15 is 0 Å². The Balaban J connectivity index is 3.22. The molecule has 0 spiro atoms. The van der Waals surface area contributed by atoms with E-state index in [-0.39, 0.29) is 11.5 Å². The molecule has 0 aliphatic heterocycles. The predicted octanol–water partition coefficient (Wildman–Crippen LogP) is 1.88. The zero-order valence-electron chi connectivity index (χ0n) is 11.6. The Morgan fingerprint density at radius 1 is 1.26 bits per heavy atom. The van der Waals surface area contributed by atoms with Gasteiger partial charge in [-0.05, 0) is 57.4 Å². The van der Waals surface area contributed by atoms with Crippen molar-refractivity contribution in [3.63, 3.8) is 0 Å². The highest BCUT2D eigenvalue weighted by atomic mass is 32.2. The lowest BCUT2D eigenvalue weighted by Crippen LogP contribution is -2.44. The fourth-order valence-corrected chi connectivity index (χ4v) is 3.96. The second-order valence-corrected chi connectivity index (χ2v) is 6.95. The zero-order valence-corrected chi connectivity index (χ0v) is 12.4. The number of aliphatic hydroxyl groups excluding tert-OH is 1. The van der Waals surface area contributed by atoms with Crippen LogP contribution < -0.4 is 4.72 Å². The van der Waals surface area contributed by atoms with Gasteiger partial charge in [0, 0.05) is 12.1 Å². The van der Waals surface area contributed by atoms with Crippen LogP contribution in [0.1, 0.15) is 31.4 Å². The second kappa shape index (κ2) is 5.56. The van der Waals surface area contributed by atoms with Gasteiger partial charge in [-0.2, -0.15) is 0 Å². The summed E-state index contributed by atoms with van der Waals surface area (Å²) in [6.45, 7) is 6.38. The van der Waals surface area contributed by atoms with Crippen molar-refractivity contribution in [1.82, 2.24) is 4.72 Å². The summed E-state index contributed by atoms with van der Waals surface area (Å²) in [5.41, 5.74) is -0.0319. The van der Waals surface area contributed by atoms with Gasteiger partial charge in [0.25, 0.3) is 0 Å². The van der Waals surface area contributed by atoms with E-state index in [1.54, 1.807) is 27.7 Å². The van der Waals surface area contributed by atoms with Gasteiger partial charge in [-0.15, -0.1) is 0 Å². The molecule has 0 aromatic heterocycles. The van der Waals surface area contributed by atoms with E-state index in [1.165, 1.54) is 12.1 Å². The molecule has 0 radical (unpaired) electrons. The maximum atomic E-state index is 13.2. The predicted molar refractivity (Wildman–Crippen MR) is 72.0 cm³/mol. The first-order valence-electron chi connectivity index (χ1n) is 6.01. The van der Waals surface area contributed by atoms with Gasteiger partial charge in [-0.25, -0.2) is 17.5 Å². The number of sulfonamides is 1. The van der Waals surface area contributed by atoms with Crippen LogP contribution in [0, 0.1) is 19.7 Å². The van der Waals surface area contributed by atoms with Gasteiger partial charge in [0.2, 0.25) is 10.0 Å².